The highest BCUT2D eigenvalue weighted by molar-refractivity contribution is 5.96. The molecule has 0 aliphatic heterocycles. The summed E-state index contributed by atoms with van der Waals surface area (Å²) in [6.45, 7) is 5.29. The van der Waals surface area contributed by atoms with Gasteiger partial charge < -0.3 is 5.11 Å². The molecule has 1 saturated carbocycles. The summed E-state index contributed by atoms with van der Waals surface area (Å²) in [5.41, 5.74) is -0.121. The number of hydrogen-bond donors (Lipinski definition) is 1. The number of hydrogen-bond acceptors (Lipinski definition) is 2. The van der Waals surface area contributed by atoms with Crippen LogP contribution in [0.4, 0.5) is 0 Å². The molecule has 0 heterocycles. The van der Waals surface area contributed by atoms with Gasteiger partial charge in [-0.25, -0.2) is 0 Å². The largest absolute Gasteiger partial charge is 0.390 e. The van der Waals surface area contributed by atoms with Gasteiger partial charge in [0.2, 0.25) is 0 Å². The Morgan fingerprint density at radius 3 is 2.70 bits per heavy atom. The number of ketones is 1. The first-order valence-corrected chi connectivity index (χ1v) is 3.45. The maximum absolute atomic E-state index is 11.0. The normalized spacial score (nSPS) is 34.6. The van der Waals surface area contributed by atoms with E-state index in [0.29, 0.717) is 18.4 Å². The second-order valence-electron chi connectivity index (χ2n) is 3.20. The zero-order valence-electron chi connectivity index (χ0n) is 6.18. The molecule has 0 aromatic carbocycles. The van der Waals surface area contributed by atoms with E-state index in [9.17, 15) is 9.90 Å². The molecule has 0 bridgehead atoms. The van der Waals surface area contributed by atoms with Gasteiger partial charge in [-0.3, -0.25) is 4.79 Å². The molecular formula is C8H12O2. The molecule has 1 N–H and O–H groups in total. The lowest BCUT2D eigenvalue weighted by Gasteiger charge is -2.27. The fourth-order valence-corrected chi connectivity index (χ4v) is 1.12. The van der Waals surface area contributed by atoms with Crippen LogP contribution in [0.3, 0.4) is 0 Å². The minimum absolute atomic E-state index is 0.0104. The van der Waals surface area contributed by atoms with Crippen molar-refractivity contribution in [3.05, 3.63) is 12.2 Å². The van der Waals surface area contributed by atoms with Crippen molar-refractivity contribution >= 4 is 5.78 Å². The highest BCUT2D eigenvalue weighted by atomic mass is 16.3. The summed E-state index contributed by atoms with van der Waals surface area (Å²) in [4.78, 5) is 11.0. The molecule has 0 radical (unpaired) electrons. The van der Waals surface area contributed by atoms with Gasteiger partial charge in [0.15, 0.2) is 5.78 Å². The number of allylic oxidation sites excluding steroid dienone is 1. The summed E-state index contributed by atoms with van der Waals surface area (Å²) in [5, 5.41) is 9.40. The summed E-state index contributed by atoms with van der Waals surface area (Å²) in [6.07, 6.45) is 1.55. The summed E-state index contributed by atoms with van der Waals surface area (Å²) in [7, 11) is 0. The third-order valence-electron chi connectivity index (χ3n) is 1.90. The van der Waals surface area contributed by atoms with Crippen molar-refractivity contribution in [1.82, 2.24) is 0 Å². The molecule has 0 spiro atoms. The Bertz CT molecular complexity index is 180. The predicted octanol–water partition coefficient (Wildman–Crippen LogP) is 1.05. The van der Waals surface area contributed by atoms with Gasteiger partial charge in [-0.2, -0.15) is 0 Å². The van der Waals surface area contributed by atoms with Crippen molar-refractivity contribution in [3.63, 3.8) is 0 Å². The molecule has 0 amide bonds. The maximum atomic E-state index is 11.0. The molecule has 2 heteroatoms. The van der Waals surface area contributed by atoms with Crippen molar-refractivity contribution in [2.75, 3.05) is 0 Å². The van der Waals surface area contributed by atoms with Crippen LogP contribution in [-0.2, 0) is 4.79 Å². The quantitative estimate of drug-likeness (QED) is 0.510. The van der Waals surface area contributed by atoms with Crippen molar-refractivity contribution in [2.45, 2.75) is 31.8 Å². The monoisotopic (exact) mass is 140 g/mol. The molecule has 1 fully saturated rings. The fraction of sp³-hybridized carbons (Fsp3) is 0.625. The van der Waals surface area contributed by atoms with Crippen LogP contribution in [0.5, 0.6) is 0 Å². The number of Topliss-reactive ketones (excluding diaryl/α,β-unsaturated/α-hetero) is 1. The van der Waals surface area contributed by atoms with Crippen LogP contribution in [0.1, 0.15) is 26.2 Å². The van der Waals surface area contributed by atoms with Gasteiger partial charge in [-0.05, 0) is 25.3 Å². The second-order valence-corrected chi connectivity index (χ2v) is 3.20. The fourth-order valence-electron chi connectivity index (χ4n) is 1.12. The average molecular weight is 140 g/mol. The van der Waals surface area contributed by atoms with Crippen LogP contribution >= 0.6 is 0 Å². The standard InChI is InChI=1S/C8H12O2/c1-6-3-4-8(2,10)5-7(6)9/h10H,1,3-5H2,2H3. The molecule has 1 rings (SSSR count). The molecule has 0 saturated heterocycles. The first-order valence-electron chi connectivity index (χ1n) is 3.45. The van der Waals surface area contributed by atoms with E-state index in [2.05, 4.69) is 6.58 Å². The molecule has 2 nitrogen and oxygen atoms in total. The first-order chi connectivity index (χ1) is 4.51. The lowest BCUT2D eigenvalue weighted by Crippen LogP contribution is -2.32. The molecular weight excluding hydrogens is 128 g/mol. The summed E-state index contributed by atoms with van der Waals surface area (Å²) >= 11 is 0. The van der Waals surface area contributed by atoms with Gasteiger partial charge in [-0.1, -0.05) is 6.58 Å². The molecule has 56 valence electrons. The predicted molar refractivity (Wildman–Crippen MR) is 38.6 cm³/mol. The SMILES string of the molecule is C=C1CCC(C)(O)CC1=O. The van der Waals surface area contributed by atoms with Gasteiger partial charge in [0.1, 0.15) is 0 Å². The van der Waals surface area contributed by atoms with Gasteiger partial charge in [0, 0.05) is 6.42 Å². The lowest BCUT2D eigenvalue weighted by molar-refractivity contribution is -0.122. The second kappa shape index (κ2) is 2.20. The Morgan fingerprint density at radius 1 is 1.70 bits per heavy atom. The van der Waals surface area contributed by atoms with Crippen LogP contribution in [-0.4, -0.2) is 16.5 Å². The number of carbonyl (C=O) groups excluding carboxylic acids is 1. The van der Waals surface area contributed by atoms with E-state index in [1.807, 2.05) is 0 Å². The van der Waals surface area contributed by atoms with E-state index in [1.165, 1.54) is 0 Å². The summed E-state index contributed by atoms with van der Waals surface area (Å²) in [6, 6.07) is 0. The smallest absolute Gasteiger partial charge is 0.161 e. The van der Waals surface area contributed by atoms with Crippen LogP contribution in [0, 0.1) is 0 Å². The highest BCUT2D eigenvalue weighted by Gasteiger charge is 2.30. The zero-order valence-corrected chi connectivity index (χ0v) is 6.18. The molecule has 1 aliphatic carbocycles. The van der Waals surface area contributed by atoms with E-state index in [0.717, 1.165) is 0 Å². The minimum atomic E-state index is -0.779. The molecule has 0 aromatic heterocycles. The lowest BCUT2D eigenvalue weighted by atomic mass is 9.83. The molecule has 0 aromatic rings. The average Bonchev–Trinajstić information content (AvgIpc) is 1.79. The van der Waals surface area contributed by atoms with Crippen LogP contribution in [0.2, 0.25) is 0 Å². The van der Waals surface area contributed by atoms with E-state index in [-0.39, 0.29) is 12.2 Å². The van der Waals surface area contributed by atoms with E-state index in [4.69, 9.17) is 0 Å². The molecule has 1 atom stereocenters. The van der Waals surface area contributed by atoms with E-state index >= 15 is 0 Å². The summed E-state index contributed by atoms with van der Waals surface area (Å²) in [5.74, 6) is 0.0104. The first kappa shape index (κ1) is 7.48. The van der Waals surface area contributed by atoms with E-state index < -0.39 is 5.60 Å². The Morgan fingerprint density at radius 2 is 2.30 bits per heavy atom. The Kier molecular flexibility index (Phi) is 1.65. The van der Waals surface area contributed by atoms with Crippen molar-refractivity contribution < 1.29 is 9.90 Å². The van der Waals surface area contributed by atoms with E-state index in [1.54, 1.807) is 6.92 Å². The number of carbonyl (C=O) groups is 1. The van der Waals surface area contributed by atoms with Gasteiger partial charge in [0.25, 0.3) is 0 Å². The Hall–Kier alpha value is -0.630. The minimum Gasteiger partial charge on any atom is -0.390 e. The van der Waals surface area contributed by atoms with Crippen LogP contribution < -0.4 is 0 Å². The summed E-state index contributed by atoms with van der Waals surface area (Å²) < 4.78 is 0. The topological polar surface area (TPSA) is 37.3 Å². The maximum Gasteiger partial charge on any atom is 0.161 e. The van der Waals surface area contributed by atoms with Crippen molar-refractivity contribution in [2.24, 2.45) is 0 Å². The molecule has 10 heavy (non-hydrogen) atoms. The Labute approximate surface area is 60.6 Å². The van der Waals surface area contributed by atoms with Crippen molar-refractivity contribution in [1.29, 1.82) is 0 Å². The van der Waals surface area contributed by atoms with Gasteiger partial charge >= 0.3 is 0 Å². The molecule has 1 unspecified atom stereocenters. The Balaban J connectivity index is 2.66. The van der Waals surface area contributed by atoms with Crippen LogP contribution in [0.15, 0.2) is 12.2 Å². The third kappa shape index (κ3) is 1.45. The third-order valence-corrected chi connectivity index (χ3v) is 1.90. The number of rotatable bonds is 0. The van der Waals surface area contributed by atoms with Crippen molar-refractivity contribution in [3.8, 4) is 0 Å². The highest BCUT2D eigenvalue weighted by Crippen LogP contribution is 2.27. The number of aliphatic hydroxyl groups is 1. The molecule has 1 aliphatic rings. The zero-order chi connectivity index (χ0) is 7.78. The van der Waals surface area contributed by atoms with Gasteiger partial charge in [-0.15, -0.1) is 0 Å². The van der Waals surface area contributed by atoms with Gasteiger partial charge in [0.05, 0.1) is 5.60 Å². The van der Waals surface area contributed by atoms with Crippen LogP contribution in [0.25, 0.3) is 0 Å².